The van der Waals surface area contributed by atoms with Crippen molar-refractivity contribution in [1.29, 1.82) is 0 Å². The minimum Gasteiger partial charge on any atom is -0.381 e. The van der Waals surface area contributed by atoms with Crippen LogP contribution < -0.4 is 5.32 Å². The summed E-state index contributed by atoms with van der Waals surface area (Å²) >= 11 is 0. The Morgan fingerprint density at radius 1 is 1.05 bits per heavy atom. The molecule has 1 aromatic carbocycles. The second-order valence-corrected chi connectivity index (χ2v) is 10.3. The molecule has 0 spiro atoms. The number of fused-ring (bicyclic) bond motifs is 2. The maximum absolute atomic E-state index is 5.52. The number of nitrogens with one attached hydrogen (secondary N) is 1. The summed E-state index contributed by atoms with van der Waals surface area (Å²) < 4.78 is 11.5. The second-order valence-electron chi connectivity index (χ2n) is 10.3. The van der Waals surface area contributed by atoms with Crippen LogP contribution in [-0.4, -0.2) is 72.4 Å². The predicted molar refractivity (Wildman–Crippen MR) is 142 cm³/mol. The number of anilines is 2. The van der Waals surface area contributed by atoms with E-state index in [1.165, 1.54) is 0 Å². The number of aromatic nitrogens is 7. The zero-order chi connectivity index (χ0) is 24.8. The van der Waals surface area contributed by atoms with Crippen LogP contribution in [0.25, 0.3) is 27.8 Å². The molecule has 10 heteroatoms. The van der Waals surface area contributed by atoms with Gasteiger partial charge in [-0.3, -0.25) is 9.36 Å². The molecule has 10 nitrogen and oxygen atoms in total. The number of ether oxygens (including phenoxy) is 1. The van der Waals surface area contributed by atoms with Crippen LogP contribution in [0, 0.1) is 5.92 Å². The fourth-order valence-electron chi connectivity index (χ4n) is 5.49. The fourth-order valence-corrected chi connectivity index (χ4v) is 5.49. The number of likely N-dealkylation sites (tertiary alicyclic amines) is 1. The van der Waals surface area contributed by atoms with Gasteiger partial charge in [0.1, 0.15) is 0 Å². The molecular weight excluding hydrogens is 466 g/mol. The summed E-state index contributed by atoms with van der Waals surface area (Å²) in [5.74, 6) is 1.10. The third-order valence-electron chi connectivity index (χ3n) is 7.60. The van der Waals surface area contributed by atoms with Crippen molar-refractivity contribution in [1.82, 2.24) is 39.1 Å². The van der Waals surface area contributed by atoms with Gasteiger partial charge in [0.15, 0.2) is 5.65 Å². The van der Waals surface area contributed by atoms with Crippen molar-refractivity contribution in [3.05, 3.63) is 55.0 Å². The van der Waals surface area contributed by atoms with Gasteiger partial charge in [0.25, 0.3) is 0 Å². The fraction of sp³-hybridized carbons (Fsp3) is 0.407. The van der Waals surface area contributed by atoms with E-state index in [2.05, 4.69) is 68.4 Å². The number of nitrogens with zero attached hydrogens (tertiary/aromatic N) is 8. The van der Waals surface area contributed by atoms with E-state index in [1.807, 2.05) is 22.8 Å². The van der Waals surface area contributed by atoms with Gasteiger partial charge in [-0.25, -0.2) is 4.52 Å². The normalized spacial score (nSPS) is 19.3. The third kappa shape index (κ3) is 4.47. The van der Waals surface area contributed by atoms with Gasteiger partial charge in [-0.15, -0.1) is 5.10 Å². The molecule has 1 unspecified atom stereocenters. The molecule has 0 bridgehead atoms. The maximum Gasteiger partial charge on any atom is 0.247 e. The van der Waals surface area contributed by atoms with Gasteiger partial charge in [-0.1, -0.05) is 12.1 Å². The van der Waals surface area contributed by atoms with Gasteiger partial charge in [0.05, 0.1) is 35.7 Å². The van der Waals surface area contributed by atoms with Crippen molar-refractivity contribution < 1.29 is 4.74 Å². The molecule has 6 heterocycles. The Balaban J connectivity index is 1.13. The van der Waals surface area contributed by atoms with Crippen LogP contribution in [-0.2, 0) is 11.3 Å². The van der Waals surface area contributed by atoms with Crippen LogP contribution in [0.3, 0.4) is 0 Å². The highest BCUT2D eigenvalue weighted by atomic mass is 16.5. The van der Waals surface area contributed by atoms with Crippen molar-refractivity contribution in [2.24, 2.45) is 5.92 Å². The summed E-state index contributed by atoms with van der Waals surface area (Å²) in [6.45, 7) is 4.78. The quantitative estimate of drug-likeness (QED) is 0.379. The lowest BCUT2D eigenvalue weighted by atomic mass is 10.1. The van der Waals surface area contributed by atoms with Crippen LogP contribution in [0.5, 0.6) is 0 Å². The Morgan fingerprint density at radius 2 is 1.97 bits per heavy atom. The molecular formula is C27H31N9O. The van der Waals surface area contributed by atoms with Crippen molar-refractivity contribution in [2.45, 2.75) is 31.8 Å². The Hall–Kier alpha value is -3.76. The monoisotopic (exact) mass is 497 g/mol. The summed E-state index contributed by atoms with van der Waals surface area (Å²) in [5, 5.41) is 18.6. The minimum absolute atomic E-state index is 0.443. The molecule has 37 heavy (non-hydrogen) atoms. The van der Waals surface area contributed by atoms with E-state index in [0.717, 1.165) is 85.6 Å². The van der Waals surface area contributed by atoms with E-state index >= 15 is 0 Å². The average molecular weight is 498 g/mol. The lowest BCUT2D eigenvalue weighted by molar-refractivity contribution is 0.181. The van der Waals surface area contributed by atoms with Gasteiger partial charge in [-0.2, -0.15) is 15.2 Å². The van der Waals surface area contributed by atoms with E-state index in [0.29, 0.717) is 17.9 Å². The van der Waals surface area contributed by atoms with Crippen molar-refractivity contribution in [3.8, 4) is 11.3 Å². The van der Waals surface area contributed by atoms with E-state index in [4.69, 9.17) is 19.9 Å². The maximum atomic E-state index is 5.52. The molecule has 1 atom stereocenters. The van der Waals surface area contributed by atoms with Crippen molar-refractivity contribution in [2.75, 3.05) is 38.7 Å². The molecule has 2 fully saturated rings. The SMILES string of the molecule is CN1CCC(n2cc(Nc3nc4cccc(-c5ccc6nn(CC7CCOC7)cc6c5)n4n3)cn2)CC1. The standard InChI is InChI=1S/C27H31N9O/c1-33-10-7-23(8-11-33)35-17-22(14-28-35)29-27-30-26-4-2-3-25(36(26)32-27)20-5-6-24-21(13-20)16-34(31-24)15-19-9-12-37-18-19/h2-6,13-14,16-17,19,23H,7-12,15,18H2,1H3,(H,29,32). The number of benzene rings is 1. The molecule has 5 aromatic rings. The highest BCUT2D eigenvalue weighted by Crippen LogP contribution is 2.27. The largest absolute Gasteiger partial charge is 0.381 e. The Bertz CT molecular complexity index is 1540. The first-order valence-corrected chi connectivity index (χ1v) is 13.1. The molecule has 0 saturated carbocycles. The van der Waals surface area contributed by atoms with Gasteiger partial charge in [0.2, 0.25) is 5.95 Å². The summed E-state index contributed by atoms with van der Waals surface area (Å²) in [4.78, 5) is 7.09. The molecule has 2 saturated heterocycles. The molecule has 0 aliphatic carbocycles. The average Bonchev–Trinajstić information content (AvgIpc) is 3.71. The molecule has 190 valence electrons. The predicted octanol–water partition coefficient (Wildman–Crippen LogP) is 3.99. The van der Waals surface area contributed by atoms with Crippen molar-refractivity contribution in [3.63, 3.8) is 0 Å². The summed E-state index contributed by atoms with van der Waals surface area (Å²) in [6, 6.07) is 12.9. The van der Waals surface area contributed by atoms with Crippen LogP contribution >= 0.6 is 0 Å². The Labute approximate surface area is 214 Å². The number of rotatable bonds is 6. The smallest absolute Gasteiger partial charge is 0.247 e. The number of hydrogen-bond acceptors (Lipinski definition) is 7. The number of pyridine rings is 1. The van der Waals surface area contributed by atoms with Gasteiger partial charge < -0.3 is 15.0 Å². The summed E-state index contributed by atoms with van der Waals surface area (Å²) in [6.07, 6.45) is 9.39. The van der Waals surface area contributed by atoms with Crippen LogP contribution in [0.2, 0.25) is 0 Å². The molecule has 4 aromatic heterocycles. The van der Waals surface area contributed by atoms with Gasteiger partial charge in [-0.05, 0) is 63.7 Å². The molecule has 1 N–H and O–H groups in total. The summed E-state index contributed by atoms with van der Waals surface area (Å²) in [7, 11) is 2.17. The highest BCUT2D eigenvalue weighted by molar-refractivity contribution is 5.84. The molecule has 2 aliphatic rings. The Morgan fingerprint density at radius 3 is 2.84 bits per heavy atom. The molecule has 0 radical (unpaired) electrons. The number of hydrogen-bond donors (Lipinski definition) is 1. The highest BCUT2D eigenvalue weighted by Gasteiger charge is 2.20. The zero-order valence-corrected chi connectivity index (χ0v) is 21.0. The number of piperidine rings is 1. The Kier molecular flexibility index (Phi) is 5.63. The first-order valence-electron chi connectivity index (χ1n) is 13.1. The second kappa shape index (κ2) is 9.28. The van der Waals surface area contributed by atoms with Gasteiger partial charge in [0, 0.05) is 42.4 Å². The van der Waals surface area contributed by atoms with Crippen molar-refractivity contribution >= 4 is 28.2 Å². The summed E-state index contributed by atoms with van der Waals surface area (Å²) in [5.41, 5.74) is 4.75. The van der Waals surface area contributed by atoms with E-state index in [9.17, 15) is 0 Å². The first-order chi connectivity index (χ1) is 18.2. The van der Waals surface area contributed by atoms with E-state index in [-0.39, 0.29) is 0 Å². The molecule has 0 amide bonds. The topological polar surface area (TPSA) is 90.3 Å². The first kappa shape index (κ1) is 22.4. The molecule has 2 aliphatic heterocycles. The third-order valence-corrected chi connectivity index (χ3v) is 7.60. The minimum atomic E-state index is 0.443. The lowest BCUT2D eigenvalue weighted by Crippen LogP contribution is -2.31. The molecule has 7 rings (SSSR count). The van der Waals surface area contributed by atoms with Crippen LogP contribution in [0.15, 0.2) is 55.0 Å². The zero-order valence-electron chi connectivity index (χ0n) is 21.0. The van der Waals surface area contributed by atoms with Gasteiger partial charge >= 0.3 is 0 Å². The van der Waals surface area contributed by atoms with Crippen LogP contribution in [0.4, 0.5) is 11.6 Å². The lowest BCUT2D eigenvalue weighted by Gasteiger charge is -2.28. The van der Waals surface area contributed by atoms with Crippen LogP contribution in [0.1, 0.15) is 25.3 Å². The van der Waals surface area contributed by atoms with E-state index < -0.39 is 0 Å². The van der Waals surface area contributed by atoms with E-state index in [1.54, 1.807) is 0 Å².